The van der Waals surface area contributed by atoms with Gasteiger partial charge in [0.25, 0.3) is 5.91 Å². The maximum atomic E-state index is 12.2. The van der Waals surface area contributed by atoms with Crippen molar-refractivity contribution in [3.8, 4) is 11.5 Å². The van der Waals surface area contributed by atoms with Crippen LogP contribution in [0.2, 0.25) is 0 Å². The number of carbonyl (C=O) groups is 1. The van der Waals surface area contributed by atoms with Crippen LogP contribution in [0.4, 0.5) is 5.95 Å². The number of carbonyl (C=O) groups excluding carboxylic acids is 1. The summed E-state index contributed by atoms with van der Waals surface area (Å²) in [6, 6.07) is 7.39. The van der Waals surface area contributed by atoms with E-state index in [9.17, 15) is 4.79 Å². The Morgan fingerprint density at radius 1 is 1.23 bits per heavy atom. The molecule has 0 spiro atoms. The van der Waals surface area contributed by atoms with Gasteiger partial charge in [-0.2, -0.15) is 0 Å². The van der Waals surface area contributed by atoms with Crippen LogP contribution >= 0.6 is 0 Å². The number of aryl methyl sites for hydroxylation is 1. The van der Waals surface area contributed by atoms with Crippen molar-refractivity contribution in [1.82, 2.24) is 15.3 Å². The van der Waals surface area contributed by atoms with Gasteiger partial charge in [0.2, 0.25) is 12.7 Å². The van der Waals surface area contributed by atoms with Crippen LogP contribution in [0.15, 0.2) is 24.3 Å². The molecule has 1 amide bonds. The second-order valence-corrected chi connectivity index (χ2v) is 5.86. The van der Waals surface area contributed by atoms with Crippen LogP contribution in [0.25, 0.3) is 0 Å². The zero-order valence-corrected chi connectivity index (χ0v) is 14.9. The highest BCUT2D eigenvalue weighted by atomic mass is 16.7. The van der Waals surface area contributed by atoms with E-state index in [4.69, 9.17) is 14.2 Å². The lowest BCUT2D eigenvalue weighted by Gasteiger charge is -2.09. The van der Waals surface area contributed by atoms with E-state index in [1.165, 1.54) is 0 Å². The number of hydrogen-bond acceptors (Lipinski definition) is 7. The molecule has 8 heteroatoms. The molecule has 3 rings (SSSR count). The third-order valence-corrected chi connectivity index (χ3v) is 3.79. The van der Waals surface area contributed by atoms with E-state index < -0.39 is 0 Å². The molecule has 0 bridgehead atoms. The van der Waals surface area contributed by atoms with Crippen molar-refractivity contribution in [2.45, 2.75) is 19.9 Å². The first-order valence-electron chi connectivity index (χ1n) is 8.41. The molecule has 0 fully saturated rings. The molecule has 0 unspecified atom stereocenters. The van der Waals surface area contributed by atoms with Gasteiger partial charge >= 0.3 is 0 Å². The molecular weight excluding hydrogens is 336 g/mol. The molecule has 0 aliphatic carbocycles. The molecule has 1 aromatic carbocycles. The van der Waals surface area contributed by atoms with Gasteiger partial charge in [0, 0.05) is 32.5 Å². The van der Waals surface area contributed by atoms with E-state index in [1.54, 1.807) is 13.2 Å². The van der Waals surface area contributed by atoms with E-state index in [0.717, 1.165) is 29.2 Å². The van der Waals surface area contributed by atoms with Gasteiger partial charge in [-0.25, -0.2) is 9.97 Å². The van der Waals surface area contributed by atoms with Gasteiger partial charge in [-0.3, -0.25) is 4.79 Å². The number of nitrogens with one attached hydrogen (secondary N) is 2. The van der Waals surface area contributed by atoms with E-state index >= 15 is 0 Å². The number of aromatic nitrogens is 2. The summed E-state index contributed by atoms with van der Waals surface area (Å²) in [4.78, 5) is 20.8. The number of benzene rings is 1. The fourth-order valence-corrected chi connectivity index (χ4v) is 2.50. The number of nitrogens with zero attached hydrogens (tertiary/aromatic N) is 2. The van der Waals surface area contributed by atoms with Gasteiger partial charge in [0.05, 0.1) is 0 Å². The van der Waals surface area contributed by atoms with Crippen LogP contribution in [0.3, 0.4) is 0 Å². The first-order valence-corrected chi connectivity index (χ1v) is 8.41. The van der Waals surface area contributed by atoms with Crippen molar-refractivity contribution in [1.29, 1.82) is 0 Å². The Labute approximate surface area is 151 Å². The van der Waals surface area contributed by atoms with Gasteiger partial charge in [0.1, 0.15) is 5.69 Å². The van der Waals surface area contributed by atoms with Crippen molar-refractivity contribution in [3.05, 3.63) is 41.2 Å². The maximum Gasteiger partial charge on any atom is 0.270 e. The quantitative estimate of drug-likeness (QED) is 0.696. The topological polar surface area (TPSA) is 94.6 Å². The minimum Gasteiger partial charge on any atom is -0.454 e. The molecule has 2 aromatic rings. The third kappa shape index (κ3) is 4.60. The van der Waals surface area contributed by atoms with Crippen LogP contribution in [0.1, 0.15) is 28.2 Å². The molecule has 26 heavy (non-hydrogen) atoms. The Morgan fingerprint density at radius 3 is 2.92 bits per heavy atom. The Bertz CT molecular complexity index is 782. The Hall–Kier alpha value is -2.87. The minimum absolute atomic E-state index is 0.224. The zero-order valence-electron chi connectivity index (χ0n) is 14.9. The van der Waals surface area contributed by atoms with Gasteiger partial charge in [-0.1, -0.05) is 6.07 Å². The van der Waals surface area contributed by atoms with Crippen LogP contribution in [0, 0.1) is 6.92 Å². The number of ether oxygens (including phenoxy) is 3. The zero-order chi connectivity index (χ0) is 18.4. The number of amides is 1. The van der Waals surface area contributed by atoms with Crippen LogP contribution in [-0.2, 0) is 11.3 Å². The van der Waals surface area contributed by atoms with Gasteiger partial charge in [0.15, 0.2) is 11.5 Å². The molecule has 1 aliphatic heterocycles. The SMILES string of the molecule is COCCCNC(=O)c1cc(C)nc(NCc2ccc3c(c2)OCO3)n1. The predicted octanol–water partition coefficient (Wildman–Crippen LogP) is 1.89. The van der Waals surface area contributed by atoms with Crippen molar-refractivity contribution in [2.75, 3.05) is 32.4 Å². The first-order chi connectivity index (χ1) is 12.7. The summed E-state index contributed by atoms with van der Waals surface area (Å²) in [6.07, 6.45) is 0.752. The maximum absolute atomic E-state index is 12.2. The highest BCUT2D eigenvalue weighted by Crippen LogP contribution is 2.32. The highest BCUT2D eigenvalue weighted by Gasteiger charge is 2.14. The minimum atomic E-state index is -0.224. The standard InChI is InChI=1S/C18H22N4O4/c1-12-8-14(17(23)19-6-3-7-24-2)22-18(21-12)20-10-13-4-5-15-16(9-13)26-11-25-15/h4-5,8-9H,3,6-7,10-11H2,1-2H3,(H,19,23)(H,20,21,22). The summed E-state index contributed by atoms with van der Waals surface area (Å²) in [5, 5.41) is 5.97. The Kier molecular flexibility index (Phi) is 5.85. The summed E-state index contributed by atoms with van der Waals surface area (Å²) in [6.45, 7) is 3.72. The van der Waals surface area contributed by atoms with Crippen LogP contribution in [0.5, 0.6) is 11.5 Å². The van der Waals surface area contributed by atoms with Crippen molar-refractivity contribution >= 4 is 11.9 Å². The monoisotopic (exact) mass is 358 g/mol. The third-order valence-electron chi connectivity index (χ3n) is 3.79. The van der Waals surface area contributed by atoms with Crippen molar-refractivity contribution in [2.24, 2.45) is 0 Å². The second-order valence-electron chi connectivity index (χ2n) is 5.86. The molecule has 2 heterocycles. The summed E-state index contributed by atoms with van der Waals surface area (Å²) in [5.74, 6) is 1.65. The lowest BCUT2D eigenvalue weighted by molar-refractivity contribution is 0.0943. The lowest BCUT2D eigenvalue weighted by atomic mass is 10.2. The van der Waals surface area contributed by atoms with E-state index in [-0.39, 0.29) is 12.7 Å². The second kappa shape index (κ2) is 8.48. The molecular formula is C18H22N4O4. The normalized spacial score (nSPS) is 12.1. The summed E-state index contributed by atoms with van der Waals surface area (Å²) in [5.41, 5.74) is 2.06. The fraction of sp³-hybridized carbons (Fsp3) is 0.389. The molecule has 138 valence electrons. The van der Waals surface area contributed by atoms with Crippen LogP contribution < -0.4 is 20.1 Å². The van der Waals surface area contributed by atoms with Crippen LogP contribution in [-0.4, -0.2) is 42.9 Å². The number of hydrogen-bond donors (Lipinski definition) is 2. The molecule has 0 saturated carbocycles. The van der Waals surface area contributed by atoms with Crippen molar-refractivity contribution < 1.29 is 19.0 Å². The average Bonchev–Trinajstić information content (AvgIpc) is 3.11. The molecule has 1 aromatic heterocycles. The van der Waals surface area contributed by atoms with E-state index in [1.807, 2.05) is 25.1 Å². The fourth-order valence-electron chi connectivity index (χ4n) is 2.50. The molecule has 0 atom stereocenters. The molecule has 0 radical (unpaired) electrons. The largest absolute Gasteiger partial charge is 0.454 e. The first kappa shape index (κ1) is 17.9. The van der Waals surface area contributed by atoms with E-state index in [2.05, 4.69) is 20.6 Å². The number of methoxy groups -OCH3 is 1. The summed E-state index contributed by atoms with van der Waals surface area (Å²) in [7, 11) is 1.63. The predicted molar refractivity (Wildman–Crippen MR) is 95.5 cm³/mol. The van der Waals surface area contributed by atoms with Gasteiger partial charge in [-0.05, 0) is 37.1 Å². The Morgan fingerprint density at radius 2 is 2.08 bits per heavy atom. The smallest absolute Gasteiger partial charge is 0.270 e. The summed E-state index contributed by atoms with van der Waals surface area (Å²) >= 11 is 0. The Balaban J connectivity index is 1.61. The molecule has 0 saturated heterocycles. The highest BCUT2D eigenvalue weighted by molar-refractivity contribution is 5.92. The summed E-state index contributed by atoms with van der Waals surface area (Å²) < 4.78 is 15.6. The average molecular weight is 358 g/mol. The number of fused-ring (bicyclic) bond motifs is 1. The van der Waals surface area contributed by atoms with Gasteiger partial charge in [-0.15, -0.1) is 0 Å². The van der Waals surface area contributed by atoms with Gasteiger partial charge < -0.3 is 24.8 Å². The van der Waals surface area contributed by atoms with Crippen molar-refractivity contribution in [3.63, 3.8) is 0 Å². The molecule has 2 N–H and O–H groups in total. The number of anilines is 1. The van der Waals surface area contributed by atoms with E-state index in [0.29, 0.717) is 31.3 Å². The molecule has 1 aliphatic rings. The molecule has 8 nitrogen and oxygen atoms in total. The lowest BCUT2D eigenvalue weighted by Crippen LogP contribution is -2.26. The number of rotatable bonds is 8.